The summed E-state index contributed by atoms with van der Waals surface area (Å²) < 4.78 is 1.57. The van der Waals surface area contributed by atoms with E-state index in [1.165, 1.54) is 12.8 Å². The molecule has 1 atom stereocenters. The first-order valence-electron chi connectivity index (χ1n) is 8.51. The first-order chi connectivity index (χ1) is 11.7. The molecular formula is C17H24N6O. The minimum atomic E-state index is -0.0353. The number of nitrogens with one attached hydrogen (secondary N) is 1. The Hall–Kier alpha value is -2.28. The quantitative estimate of drug-likeness (QED) is 0.862. The van der Waals surface area contributed by atoms with Crippen LogP contribution in [0.25, 0.3) is 0 Å². The van der Waals surface area contributed by atoms with Crippen LogP contribution in [-0.4, -0.2) is 50.3 Å². The molecule has 0 bridgehead atoms. The third kappa shape index (κ3) is 4.38. The maximum absolute atomic E-state index is 11.9. The zero-order valence-electron chi connectivity index (χ0n) is 14.1. The average molecular weight is 328 g/mol. The number of piperidine rings is 1. The van der Waals surface area contributed by atoms with Gasteiger partial charge in [0.05, 0.1) is 18.4 Å². The van der Waals surface area contributed by atoms with E-state index in [-0.39, 0.29) is 5.56 Å². The van der Waals surface area contributed by atoms with E-state index in [0.29, 0.717) is 12.6 Å². The second kappa shape index (κ2) is 8.01. The Balaban J connectivity index is 1.58. The van der Waals surface area contributed by atoms with Gasteiger partial charge in [0.1, 0.15) is 5.82 Å². The van der Waals surface area contributed by atoms with E-state index in [0.717, 1.165) is 37.6 Å². The van der Waals surface area contributed by atoms with Gasteiger partial charge in [-0.2, -0.15) is 5.10 Å². The van der Waals surface area contributed by atoms with Crippen molar-refractivity contribution in [3.8, 4) is 0 Å². The molecule has 2 aromatic rings. The Labute approximate surface area is 141 Å². The fourth-order valence-electron chi connectivity index (χ4n) is 3.13. The fourth-order valence-corrected chi connectivity index (χ4v) is 3.13. The van der Waals surface area contributed by atoms with Gasteiger partial charge in [-0.15, -0.1) is 0 Å². The van der Waals surface area contributed by atoms with Gasteiger partial charge in [-0.25, -0.2) is 9.67 Å². The SMILES string of the molecule is Cc1ccc(=O)n(CCN2CCCCC2CNc2cnccn2)n1. The van der Waals surface area contributed by atoms with Crippen LogP contribution in [0.1, 0.15) is 25.0 Å². The normalized spacial score (nSPS) is 18.5. The smallest absolute Gasteiger partial charge is 0.266 e. The van der Waals surface area contributed by atoms with E-state index < -0.39 is 0 Å². The third-order valence-electron chi connectivity index (χ3n) is 4.43. The van der Waals surface area contributed by atoms with Crippen molar-refractivity contribution in [1.82, 2.24) is 24.6 Å². The van der Waals surface area contributed by atoms with Crippen LogP contribution < -0.4 is 10.9 Å². The van der Waals surface area contributed by atoms with Gasteiger partial charge in [0.15, 0.2) is 0 Å². The molecule has 1 aliphatic heterocycles. The van der Waals surface area contributed by atoms with Crippen LogP contribution >= 0.6 is 0 Å². The van der Waals surface area contributed by atoms with E-state index in [1.807, 2.05) is 6.92 Å². The van der Waals surface area contributed by atoms with Crippen molar-refractivity contribution in [1.29, 1.82) is 0 Å². The maximum atomic E-state index is 11.9. The summed E-state index contributed by atoms with van der Waals surface area (Å²) in [4.78, 5) is 22.7. The topological polar surface area (TPSA) is 75.9 Å². The summed E-state index contributed by atoms with van der Waals surface area (Å²) in [5, 5.41) is 7.68. The van der Waals surface area contributed by atoms with Crippen molar-refractivity contribution in [3.63, 3.8) is 0 Å². The lowest BCUT2D eigenvalue weighted by Crippen LogP contribution is -2.45. The second-order valence-corrected chi connectivity index (χ2v) is 6.19. The number of anilines is 1. The van der Waals surface area contributed by atoms with E-state index in [4.69, 9.17) is 0 Å². The molecule has 0 aromatic carbocycles. The number of hydrogen-bond donors (Lipinski definition) is 1. The molecule has 24 heavy (non-hydrogen) atoms. The van der Waals surface area contributed by atoms with Crippen molar-refractivity contribution < 1.29 is 0 Å². The molecule has 0 spiro atoms. The second-order valence-electron chi connectivity index (χ2n) is 6.19. The van der Waals surface area contributed by atoms with Gasteiger partial charge in [-0.05, 0) is 32.4 Å². The van der Waals surface area contributed by atoms with Crippen molar-refractivity contribution in [2.45, 2.75) is 38.8 Å². The van der Waals surface area contributed by atoms with Gasteiger partial charge >= 0.3 is 0 Å². The van der Waals surface area contributed by atoms with Crippen LogP contribution in [0.2, 0.25) is 0 Å². The monoisotopic (exact) mass is 328 g/mol. The molecule has 1 unspecified atom stereocenters. The van der Waals surface area contributed by atoms with E-state index in [9.17, 15) is 4.79 Å². The zero-order chi connectivity index (χ0) is 16.8. The minimum absolute atomic E-state index is 0.0353. The summed E-state index contributed by atoms with van der Waals surface area (Å²) in [6.45, 7) is 5.28. The molecule has 1 aliphatic rings. The highest BCUT2D eigenvalue weighted by Crippen LogP contribution is 2.17. The van der Waals surface area contributed by atoms with E-state index in [1.54, 1.807) is 35.4 Å². The molecule has 0 saturated carbocycles. The average Bonchev–Trinajstić information content (AvgIpc) is 2.62. The van der Waals surface area contributed by atoms with Gasteiger partial charge in [0, 0.05) is 37.6 Å². The minimum Gasteiger partial charge on any atom is -0.367 e. The molecule has 2 aromatic heterocycles. The van der Waals surface area contributed by atoms with Crippen molar-refractivity contribution in [2.24, 2.45) is 0 Å². The lowest BCUT2D eigenvalue weighted by molar-refractivity contribution is 0.148. The molecule has 3 heterocycles. The number of hydrogen-bond acceptors (Lipinski definition) is 6. The predicted octanol–water partition coefficient (Wildman–Crippen LogP) is 1.31. The van der Waals surface area contributed by atoms with E-state index in [2.05, 4.69) is 25.3 Å². The first kappa shape index (κ1) is 16.6. The largest absolute Gasteiger partial charge is 0.367 e. The van der Waals surface area contributed by atoms with Gasteiger partial charge < -0.3 is 5.32 Å². The third-order valence-corrected chi connectivity index (χ3v) is 4.43. The molecule has 3 rings (SSSR count). The summed E-state index contributed by atoms with van der Waals surface area (Å²) in [6.07, 6.45) is 8.71. The number of aryl methyl sites for hydroxylation is 1. The molecule has 7 heteroatoms. The highest BCUT2D eigenvalue weighted by atomic mass is 16.1. The predicted molar refractivity (Wildman–Crippen MR) is 93.0 cm³/mol. The Morgan fingerprint density at radius 2 is 2.17 bits per heavy atom. The Bertz CT molecular complexity index is 702. The number of nitrogens with zero attached hydrogens (tertiary/aromatic N) is 5. The molecule has 0 amide bonds. The van der Waals surface area contributed by atoms with Crippen LogP contribution in [0.3, 0.4) is 0 Å². The van der Waals surface area contributed by atoms with Crippen LogP contribution in [-0.2, 0) is 6.54 Å². The Morgan fingerprint density at radius 1 is 1.25 bits per heavy atom. The van der Waals surface area contributed by atoms with Gasteiger partial charge in [-0.3, -0.25) is 14.7 Å². The molecule has 1 saturated heterocycles. The lowest BCUT2D eigenvalue weighted by atomic mass is 10.0. The maximum Gasteiger partial charge on any atom is 0.266 e. The van der Waals surface area contributed by atoms with Crippen LogP contribution in [0.4, 0.5) is 5.82 Å². The molecule has 0 radical (unpaired) electrons. The Kier molecular flexibility index (Phi) is 5.53. The Morgan fingerprint density at radius 3 is 3.00 bits per heavy atom. The fraction of sp³-hybridized carbons (Fsp3) is 0.529. The molecule has 0 aliphatic carbocycles. The van der Waals surface area contributed by atoms with Gasteiger partial charge in [-0.1, -0.05) is 6.42 Å². The van der Waals surface area contributed by atoms with Gasteiger partial charge in [0.2, 0.25) is 0 Å². The molecular weight excluding hydrogens is 304 g/mol. The highest BCUT2D eigenvalue weighted by Gasteiger charge is 2.22. The standard InChI is InChI=1S/C17H24N6O/c1-14-5-6-17(24)23(21-14)11-10-22-9-3-2-4-15(22)12-20-16-13-18-7-8-19-16/h5-8,13,15H,2-4,9-12H2,1H3,(H,19,20). The molecule has 7 nitrogen and oxygen atoms in total. The van der Waals surface area contributed by atoms with Crippen LogP contribution in [0.5, 0.6) is 0 Å². The molecule has 1 fully saturated rings. The zero-order valence-corrected chi connectivity index (χ0v) is 14.1. The molecule has 128 valence electrons. The van der Waals surface area contributed by atoms with Crippen LogP contribution in [0, 0.1) is 6.92 Å². The number of aromatic nitrogens is 4. The summed E-state index contributed by atoms with van der Waals surface area (Å²) in [5.74, 6) is 0.805. The highest BCUT2D eigenvalue weighted by molar-refractivity contribution is 5.29. The summed E-state index contributed by atoms with van der Waals surface area (Å²) in [7, 11) is 0. The van der Waals surface area contributed by atoms with Gasteiger partial charge in [0.25, 0.3) is 5.56 Å². The first-order valence-corrected chi connectivity index (χ1v) is 8.51. The molecule has 1 N–H and O–H groups in total. The van der Waals surface area contributed by atoms with Crippen LogP contribution in [0.15, 0.2) is 35.5 Å². The number of likely N-dealkylation sites (tertiary alicyclic amines) is 1. The summed E-state index contributed by atoms with van der Waals surface area (Å²) >= 11 is 0. The summed E-state index contributed by atoms with van der Waals surface area (Å²) in [6, 6.07) is 3.79. The van der Waals surface area contributed by atoms with E-state index >= 15 is 0 Å². The number of rotatable bonds is 6. The van der Waals surface area contributed by atoms with Crippen molar-refractivity contribution in [3.05, 3.63) is 46.8 Å². The lowest BCUT2D eigenvalue weighted by Gasteiger charge is -2.35. The van der Waals surface area contributed by atoms with Crippen molar-refractivity contribution in [2.75, 3.05) is 25.0 Å². The van der Waals surface area contributed by atoms with Crippen molar-refractivity contribution >= 4 is 5.82 Å². The summed E-state index contributed by atoms with van der Waals surface area (Å²) in [5.41, 5.74) is 0.834.